The summed E-state index contributed by atoms with van der Waals surface area (Å²) in [6.45, 7) is 3.21. The van der Waals surface area contributed by atoms with Gasteiger partial charge in [-0.1, -0.05) is 30.3 Å². The Labute approximate surface area is 142 Å². The molecular formula is C18H25N5O. The zero-order valence-electron chi connectivity index (χ0n) is 14.3. The number of nitrogens with one attached hydrogen (secondary N) is 2. The fraction of sp³-hybridized carbons (Fsp3) is 0.444. The Bertz CT molecular complexity index is 669. The highest BCUT2D eigenvalue weighted by atomic mass is 16.2. The first-order chi connectivity index (χ1) is 11.6. The molecule has 2 heterocycles. The summed E-state index contributed by atoms with van der Waals surface area (Å²) in [6.07, 6.45) is 3.66. The third-order valence-electron chi connectivity index (χ3n) is 4.59. The molecule has 6 heteroatoms. The van der Waals surface area contributed by atoms with Gasteiger partial charge in [0.15, 0.2) is 0 Å². The molecular weight excluding hydrogens is 302 g/mol. The van der Waals surface area contributed by atoms with Gasteiger partial charge in [0, 0.05) is 50.9 Å². The Hall–Kier alpha value is -2.34. The summed E-state index contributed by atoms with van der Waals surface area (Å²) in [5, 5.41) is 10.00. The highest BCUT2D eigenvalue weighted by Crippen LogP contribution is 2.31. The molecule has 1 aliphatic rings. The van der Waals surface area contributed by atoms with Crippen LogP contribution in [0.4, 0.5) is 4.79 Å². The lowest BCUT2D eigenvalue weighted by Crippen LogP contribution is -2.39. The van der Waals surface area contributed by atoms with Crippen LogP contribution in [0.3, 0.4) is 0 Å². The van der Waals surface area contributed by atoms with Crippen molar-refractivity contribution in [2.75, 3.05) is 26.7 Å². The predicted molar refractivity (Wildman–Crippen MR) is 93.6 cm³/mol. The van der Waals surface area contributed by atoms with E-state index in [-0.39, 0.29) is 6.03 Å². The lowest BCUT2D eigenvalue weighted by atomic mass is 9.89. The monoisotopic (exact) mass is 327 g/mol. The molecule has 2 atom stereocenters. The van der Waals surface area contributed by atoms with Crippen LogP contribution in [0.1, 0.15) is 17.0 Å². The lowest BCUT2D eigenvalue weighted by molar-refractivity contribution is 0.238. The van der Waals surface area contributed by atoms with Crippen LogP contribution in [0.25, 0.3) is 0 Å². The summed E-state index contributed by atoms with van der Waals surface area (Å²) in [6, 6.07) is 10.4. The molecule has 0 spiro atoms. The summed E-state index contributed by atoms with van der Waals surface area (Å²) in [7, 11) is 4.00. The van der Waals surface area contributed by atoms with Crippen molar-refractivity contribution in [2.24, 2.45) is 13.0 Å². The van der Waals surface area contributed by atoms with Crippen LogP contribution in [0.15, 0.2) is 42.7 Å². The summed E-state index contributed by atoms with van der Waals surface area (Å²) in [5.74, 6) is 0.899. The van der Waals surface area contributed by atoms with E-state index in [2.05, 4.69) is 51.9 Å². The van der Waals surface area contributed by atoms with Crippen molar-refractivity contribution >= 4 is 6.03 Å². The fourth-order valence-corrected chi connectivity index (χ4v) is 3.40. The number of benzene rings is 1. The predicted octanol–water partition coefficient (Wildman–Crippen LogP) is 1.56. The number of rotatable bonds is 5. The van der Waals surface area contributed by atoms with E-state index in [1.165, 1.54) is 5.56 Å². The maximum absolute atomic E-state index is 12.0. The molecule has 0 bridgehead atoms. The molecule has 0 radical (unpaired) electrons. The molecule has 2 N–H and O–H groups in total. The Balaban J connectivity index is 1.50. The van der Waals surface area contributed by atoms with Crippen LogP contribution < -0.4 is 10.6 Å². The van der Waals surface area contributed by atoms with Gasteiger partial charge in [-0.2, -0.15) is 5.10 Å². The zero-order chi connectivity index (χ0) is 16.9. The standard InChI is InChI=1S/C18H25N5O/c1-22-12-16(17(13-22)15-6-4-3-5-7-15)10-20-18(24)19-8-14-9-21-23(2)11-14/h3-7,9,11,16-17H,8,10,12-13H2,1-2H3,(H2,19,20,24)/t16-,17+/m1/s1. The molecule has 128 valence electrons. The highest BCUT2D eigenvalue weighted by molar-refractivity contribution is 5.73. The van der Waals surface area contributed by atoms with E-state index in [0.717, 1.165) is 18.7 Å². The summed E-state index contributed by atoms with van der Waals surface area (Å²) < 4.78 is 1.73. The Morgan fingerprint density at radius 3 is 2.71 bits per heavy atom. The number of urea groups is 1. The van der Waals surface area contributed by atoms with Crippen molar-refractivity contribution in [2.45, 2.75) is 12.5 Å². The van der Waals surface area contributed by atoms with Gasteiger partial charge in [-0.05, 0) is 18.5 Å². The van der Waals surface area contributed by atoms with Crippen molar-refractivity contribution in [3.63, 3.8) is 0 Å². The summed E-state index contributed by atoms with van der Waals surface area (Å²) >= 11 is 0. The number of aromatic nitrogens is 2. The van der Waals surface area contributed by atoms with Crippen LogP contribution >= 0.6 is 0 Å². The molecule has 2 amide bonds. The zero-order valence-corrected chi connectivity index (χ0v) is 14.3. The Morgan fingerprint density at radius 2 is 2.00 bits per heavy atom. The van der Waals surface area contributed by atoms with Crippen molar-refractivity contribution < 1.29 is 4.79 Å². The second-order valence-corrected chi connectivity index (χ2v) is 6.58. The van der Waals surface area contributed by atoms with Gasteiger partial charge in [-0.15, -0.1) is 0 Å². The number of aryl methyl sites for hydroxylation is 1. The number of likely N-dealkylation sites (tertiary alicyclic amines) is 1. The minimum Gasteiger partial charge on any atom is -0.338 e. The van der Waals surface area contributed by atoms with Gasteiger partial charge in [-0.25, -0.2) is 4.79 Å². The minimum atomic E-state index is -0.125. The summed E-state index contributed by atoms with van der Waals surface area (Å²) in [5.41, 5.74) is 2.35. The number of nitrogens with zero attached hydrogens (tertiary/aromatic N) is 3. The molecule has 1 aromatic heterocycles. The summed E-state index contributed by atoms with van der Waals surface area (Å²) in [4.78, 5) is 14.4. The van der Waals surface area contributed by atoms with E-state index in [9.17, 15) is 4.79 Å². The number of likely N-dealkylation sites (N-methyl/N-ethyl adjacent to an activating group) is 1. The molecule has 1 saturated heterocycles. The third kappa shape index (κ3) is 4.14. The van der Waals surface area contributed by atoms with Gasteiger partial charge in [0.1, 0.15) is 0 Å². The van der Waals surface area contributed by atoms with E-state index in [1.807, 2.05) is 19.3 Å². The van der Waals surface area contributed by atoms with E-state index >= 15 is 0 Å². The molecule has 1 aliphatic heterocycles. The number of hydrogen-bond donors (Lipinski definition) is 2. The van der Waals surface area contributed by atoms with Gasteiger partial charge in [0.25, 0.3) is 0 Å². The molecule has 24 heavy (non-hydrogen) atoms. The van der Waals surface area contributed by atoms with Gasteiger partial charge in [0.05, 0.1) is 6.20 Å². The van der Waals surface area contributed by atoms with Crippen molar-refractivity contribution in [3.8, 4) is 0 Å². The normalized spacial score (nSPS) is 20.9. The molecule has 2 aromatic rings. The van der Waals surface area contributed by atoms with E-state index < -0.39 is 0 Å². The molecule has 3 rings (SSSR count). The van der Waals surface area contributed by atoms with Crippen LogP contribution in [0, 0.1) is 5.92 Å². The van der Waals surface area contributed by atoms with Crippen LogP contribution in [-0.2, 0) is 13.6 Å². The molecule has 0 aliphatic carbocycles. The van der Waals surface area contributed by atoms with E-state index in [4.69, 9.17) is 0 Å². The minimum absolute atomic E-state index is 0.125. The quantitative estimate of drug-likeness (QED) is 0.876. The van der Waals surface area contributed by atoms with Crippen molar-refractivity contribution in [1.82, 2.24) is 25.3 Å². The Kier molecular flexibility index (Phi) is 5.15. The molecule has 0 saturated carbocycles. The maximum Gasteiger partial charge on any atom is 0.315 e. The molecule has 6 nitrogen and oxygen atoms in total. The third-order valence-corrected chi connectivity index (χ3v) is 4.59. The number of amides is 2. The fourth-order valence-electron chi connectivity index (χ4n) is 3.40. The number of carbonyl (C=O) groups excluding carboxylic acids is 1. The van der Waals surface area contributed by atoms with Gasteiger partial charge in [-0.3, -0.25) is 4.68 Å². The Morgan fingerprint density at radius 1 is 1.21 bits per heavy atom. The van der Waals surface area contributed by atoms with Crippen molar-refractivity contribution in [1.29, 1.82) is 0 Å². The first kappa shape index (κ1) is 16.5. The average Bonchev–Trinajstić information content (AvgIpc) is 3.17. The lowest BCUT2D eigenvalue weighted by Gasteiger charge is -2.19. The van der Waals surface area contributed by atoms with E-state index in [1.54, 1.807) is 10.9 Å². The molecule has 1 fully saturated rings. The first-order valence-electron chi connectivity index (χ1n) is 8.34. The highest BCUT2D eigenvalue weighted by Gasteiger charge is 2.31. The second-order valence-electron chi connectivity index (χ2n) is 6.58. The van der Waals surface area contributed by atoms with Crippen LogP contribution in [0.5, 0.6) is 0 Å². The maximum atomic E-state index is 12.0. The second kappa shape index (κ2) is 7.49. The van der Waals surface area contributed by atoms with Crippen LogP contribution in [-0.4, -0.2) is 47.4 Å². The van der Waals surface area contributed by atoms with Crippen LogP contribution in [0.2, 0.25) is 0 Å². The largest absolute Gasteiger partial charge is 0.338 e. The molecule has 0 unspecified atom stereocenters. The average molecular weight is 327 g/mol. The first-order valence-corrected chi connectivity index (χ1v) is 8.34. The van der Waals surface area contributed by atoms with Gasteiger partial charge < -0.3 is 15.5 Å². The molecule has 1 aromatic carbocycles. The van der Waals surface area contributed by atoms with Crippen molar-refractivity contribution in [3.05, 3.63) is 53.9 Å². The van der Waals surface area contributed by atoms with Gasteiger partial charge in [0.2, 0.25) is 0 Å². The smallest absolute Gasteiger partial charge is 0.315 e. The number of carbonyl (C=O) groups is 1. The SMILES string of the molecule is CN1C[C@@H](CNC(=O)NCc2cnn(C)c2)[C@H](c2ccccc2)C1. The topological polar surface area (TPSA) is 62.2 Å². The van der Waals surface area contributed by atoms with Gasteiger partial charge >= 0.3 is 6.03 Å². The number of hydrogen-bond acceptors (Lipinski definition) is 3. The van der Waals surface area contributed by atoms with E-state index in [0.29, 0.717) is 24.9 Å².